The second kappa shape index (κ2) is 4.25. The summed E-state index contributed by atoms with van der Waals surface area (Å²) in [5.74, 6) is -0.857. The zero-order valence-electron chi connectivity index (χ0n) is 8.40. The Morgan fingerprint density at radius 3 is 2.81 bits per heavy atom. The number of hydrogen-bond acceptors (Lipinski definition) is 3. The lowest BCUT2D eigenvalue weighted by molar-refractivity contribution is 0.0662. The molecule has 82 valence electrons. The summed E-state index contributed by atoms with van der Waals surface area (Å²) in [6.45, 7) is 1.62. The molecule has 2 rings (SSSR count). The van der Waals surface area contributed by atoms with Crippen LogP contribution in [0.15, 0.2) is 28.7 Å². The zero-order chi connectivity index (χ0) is 11.7. The van der Waals surface area contributed by atoms with E-state index in [0.717, 1.165) is 9.13 Å². The third kappa shape index (κ3) is 2.08. The van der Waals surface area contributed by atoms with Gasteiger partial charge < -0.3 is 9.52 Å². The average Bonchev–Trinajstić information content (AvgIpc) is 2.60. The van der Waals surface area contributed by atoms with Crippen molar-refractivity contribution in [3.05, 3.63) is 39.3 Å². The van der Waals surface area contributed by atoms with Gasteiger partial charge in [0.05, 0.1) is 5.69 Å². The van der Waals surface area contributed by atoms with E-state index in [2.05, 4.69) is 27.6 Å². The minimum atomic E-state index is -1.10. The van der Waals surface area contributed by atoms with Gasteiger partial charge in [-0.25, -0.2) is 9.78 Å². The van der Waals surface area contributed by atoms with Crippen molar-refractivity contribution in [2.75, 3.05) is 0 Å². The molecule has 0 atom stereocenters. The highest BCUT2D eigenvalue weighted by Gasteiger charge is 2.16. The van der Waals surface area contributed by atoms with Crippen LogP contribution in [0.5, 0.6) is 0 Å². The van der Waals surface area contributed by atoms with E-state index in [9.17, 15) is 4.79 Å². The van der Waals surface area contributed by atoms with E-state index in [0.29, 0.717) is 11.6 Å². The molecule has 1 N–H and O–H groups in total. The summed E-state index contributed by atoms with van der Waals surface area (Å²) in [4.78, 5) is 14.9. The van der Waals surface area contributed by atoms with Crippen molar-refractivity contribution in [2.45, 2.75) is 6.92 Å². The first-order valence-electron chi connectivity index (χ1n) is 4.54. The van der Waals surface area contributed by atoms with E-state index in [1.165, 1.54) is 0 Å². The van der Waals surface area contributed by atoms with Gasteiger partial charge in [-0.3, -0.25) is 0 Å². The van der Waals surface area contributed by atoms with Gasteiger partial charge in [0.1, 0.15) is 0 Å². The number of oxazole rings is 1. The van der Waals surface area contributed by atoms with Gasteiger partial charge in [-0.1, -0.05) is 6.07 Å². The topological polar surface area (TPSA) is 63.3 Å². The predicted molar refractivity (Wildman–Crippen MR) is 66.4 cm³/mol. The number of aromatic carboxylic acids is 1. The molecule has 0 amide bonds. The molecule has 1 aromatic carbocycles. The van der Waals surface area contributed by atoms with Crippen LogP contribution in [0.25, 0.3) is 11.5 Å². The van der Waals surface area contributed by atoms with E-state index in [-0.39, 0.29) is 5.76 Å². The molecule has 0 radical (unpaired) electrons. The summed E-state index contributed by atoms with van der Waals surface area (Å²) in [5, 5.41) is 8.85. The standard InChI is InChI=1S/C11H8INO3/c1-6-9(11(14)15)16-10(13-6)7-3-2-4-8(12)5-7/h2-5H,1H3,(H,14,15). The molecule has 1 aromatic heterocycles. The van der Waals surface area contributed by atoms with Crippen LogP contribution in [0.3, 0.4) is 0 Å². The Hall–Kier alpha value is -1.37. The van der Waals surface area contributed by atoms with Crippen molar-refractivity contribution >= 4 is 28.6 Å². The lowest BCUT2D eigenvalue weighted by Gasteiger charge is -1.95. The fourth-order valence-electron chi connectivity index (χ4n) is 1.34. The second-order valence-electron chi connectivity index (χ2n) is 3.25. The normalized spacial score (nSPS) is 10.4. The number of aryl methyl sites for hydroxylation is 1. The maximum absolute atomic E-state index is 10.8. The van der Waals surface area contributed by atoms with Gasteiger partial charge >= 0.3 is 5.97 Å². The SMILES string of the molecule is Cc1nc(-c2cccc(I)c2)oc1C(=O)O. The van der Waals surface area contributed by atoms with Gasteiger partial charge in [-0.05, 0) is 47.7 Å². The molecule has 0 saturated heterocycles. The molecule has 0 saturated carbocycles. The van der Waals surface area contributed by atoms with Crippen LogP contribution in [0, 0.1) is 10.5 Å². The van der Waals surface area contributed by atoms with Crippen LogP contribution in [0.1, 0.15) is 16.2 Å². The molecule has 4 nitrogen and oxygen atoms in total. The van der Waals surface area contributed by atoms with Crippen molar-refractivity contribution in [3.63, 3.8) is 0 Å². The number of benzene rings is 1. The van der Waals surface area contributed by atoms with Gasteiger partial charge in [0.25, 0.3) is 0 Å². The highest BCUT2D eigenvalue weighted by Crippen LogP contribution is 2.23. The number of nitrogens with zero attached hydrogens (tertiary/aromatic N) is 1. The Morgan fingerprint density at radius 2 is 2.25 bits per heavy atom. The Morgan fingerprint density at radius 1 is 1.50 bits per heavy atom. The number of aromatic nitrogens is 1. The third-order valence-corrected chi connectivity index (χ3v) is 2.73. The highest BCUT2D eigenvalue weighted by atomic mass is 127. The fourth-order valence-corrected chi connectivity index (χ4v) is 1.88. The molecule has 1 heterocycles. The second-order valence-corrected chi connectivity index (χ2v) is 4.49. The quantitative estimate of drug-likeness (QED) is 0.861. The molecule has 0 aliphatic rings. The maximum Gasteiger partial charge on any atom is 0.373 e. The van der Waals surface area contributed by atoms with Crippen molar-refractivity contribution in [1.29, 1.82) is 0 Å². The van der Waals surface area contributed by atoms with Gasteiger partial charge in [0.2, 0.25) is 11.7 Å². The van der Waals surface area contributed by atoms with Gasteiger partial charge in [-0.2, -0.15) is 0 Å². The summed E-state index contributed by atoms with van der Waals surface area (Å²) in [6, 6.07) is 7.53. The minimum absolute atomic E-state index is 0.103. The first-order valence-corrected chi connectivity index (χ1v) is 5.62. The summed E-state index contributed by atoms with van der Waals surface area (Å²) in [6.07, 6.45) is 0. The molecule has 0 aliphatic carbocycles. The monoisotopic (exact) mass is 329 g/mol. The van der Waals surface area contributed by atoms with Crippen LogP contribution in [-0.4, -0.2) is 16.1 Å². The molecular weight excluding hydrogens is 321 g/mol. The molecule has 2 aromatic rings. The number of carboxylic acids is 1. The fraction of sp³-hybridized carbons (Fsp3) is 0.0909. The molecule has 0 bridgehead atoms. The van der Waals surface area contributed by atoms with E-state index in [1.54, 1.807) is 6.92 Å². The number of carbonyl (C=O) groups is 1. The Balaban J connectivity index is 2.49. The molecular formula is C11H8INO3. The summed E-state index contributed by atoms with van der Waals surface area (Å²) < 4.78 is 6.25. The summed E-state index contributed by atoms with van der Waals surface area (Å²) in [5.41, 5.74) is 1.17. The van der Waals surface area contributed by atoms with E-state index >= 15 is 0 Å². The van der Waals surface area contributed by atoms with Gasteiger partial charge in [-0.15, -0.1) is 0 Å². The van der Waals surface area contributed by atoms with Gasteiger partial charge in [0, 0.05) is 9.13 Å². The Labute approximate surface area is 105 Å². The van der Waals surface area contributed by atoms with Crippen LogP contribution in [0.2, 0.25) is 0 Å². The van der Waals surface area contributed by atoms with Gasteiger partial charge in [0.15, 0.2) is 0 Å². The molecule has 0 aliphatic heterocycles. The van der Waals surface area contributed by atoms with E-state index in [1.807, 2.05) is 24.3 Å². The highest BCUT2D eigenvalue weighted by molar-refractivity contribution is 14.1. The number of carboxylic acid groups (broad SMARTS) is 1. The van der Waals surface area contributed by atoms with Crippen LogP contribution >= 0.6 is 22.6 Å². The van der Waals surface area contributed by atoms with E-state index in [4.69, 9.17) is 9.52 Å². The smallest absolute Gasteiger partial charge is 0.373 e. The molecule has 0 fully saturated rings. The van der Waals surface area contributed by atoms with Crippen molar-refractivity contribution in [2.24, 2.45) is 0 Å². The van der Waals surface area contributed by atoms with Crippen LogP contribution < -0.4 is 0 Å². The lowest BCUT2D eigenvalue weighted by Crippen LogP contribution is -1.95. The molecule has 0 spiro atoms. The van der Waals surface area contributed by atoms with Crippen LogP contribution in [0.4, 0.5) is 0 Å². The molecule has 0 unspecified atom stereocenters. The molecule has 16 heavy (non-hydrogen) atoms. The van der Waals surface area contributed by atoms with Crippen LogP contribution in [-0.2, 0) is 0 Å². The van der Waals surface area contributed by atoms with Crippen molar-refractivity contribution in [1.82, 2.24) is 4.98 Å². The van der Waals surface area contributed by atoms with Crippen molar-refractivity contribution in [3.8, 4) is 11.5 Å². The number of hydrogen-bond donors (Lipinski definition) is 1. The van der Waals surface area contributed by atoms with E-state index < -0.39 is 5.97 Å². The first kappa shape index (κ1) is 11.1. The molecule has 5 heteroatoms. The lowest BCUT2D eigenvalue weighted by atomic mass is 10.2. The number of halogens is 1. The first-order chi connectivity index (χ1) is 7.58. The third-order valence-electron chi connectivity index (χ3n) is 2.06. The summed E-state index contributed by atoms with van der Waals surface area (Å²) in [7, 11) is 0. The zero-order valence-corrected chi connectivity index (χ0v) is 10.6. The maximum atomic E-state index is 10.8. The Kier molecular flexibility index (Phi) is 2.95. The van der Waals surface area contributed by atoms with Crippen molar-refractivity contribution < 1.29 is 14.3 Å². The minimum Gasteiger partial charge on any atom is -0.475 e. The largest absolute Gasteiger partial charge is 0.475 e. The predicted octanol–water partition coefficient (Wildman–Crippen LogP) is 2.95. The average molecular weight is 329 g/mol. The number of rotatable bonds is 2. The Bertz CT molecular complexity index is 548. The summed E-state index contributed by atoms with van der Waals surface area (Å²) >= 11 is 2.18.